The number of ether oxygens (including phenoxy) is 1. The van der Waals surface area contributed by atoms with E-state index in [9.17, 15) is 4.79 Å². The van der Waals surface area contributed by atoms with Crippen molar-refractivity contribution in [2.24, 2.45) is 0 Å². The van der Waals surface area contributed by atoms with Gasteiger partial charge >= 0.3 is 0 Å². The molecule has 0 atom stereocenters. The van der Waals surface area contributed by atoms with Gasteiger partial charge < -0.3 is 4.74 Å². The number of carbonyl (C=O) groups excluding carboxylic acids is 1. The molecule has 3 heteroatoms. The van der Waals surface area contributed by atoms with Gasteiger partial charge in [0.1, 0.15) is 0 Å². The molecule has 1 aromatic rings. The highest BCUT2D eigenvalue weighted by Gasteiger charge is 2.39. The lowest BCUT2D eigenvalue weighted by Gasteiger charge is -2.40. The minimum atomic E-state index is -0.188. The molecule has 15 heavy (non-hydrogen) atoms. The smallest absolute Gasteiger partial charge is 0.167 e. The molecule has 80 valence electrons. The first-order chi connectivity index (χ1) is 7.26. The molecule has 0 unspecified atom stereocenters. The van der Waals surface area contributed by atoms with Crippen LogP contribution < -0.4 is 0 Å². The Morgan fingerprint density at radius 3 is 2.87 bits per heavy atom. The molecule has 0 N–H and O–H groups in total. The van der Waals surface area contributed by atoms with Crippen LogP contribution in [0.3, 0.4) is 0 Å². The van der Waals surface area contributed by atoms with Crippen LogP contribution in [0.25, 0.3) is 0 Å². The molecule has 0 radical (unpaired) electrons. The average molecular weight is 205 g/mol. The van der Waals surface area contributed by atoms with Crippen LogP contribution in [0.5, 0.6) is 0 Å². The predicted octanol–water partition coefficient (Wildman–Crippen LogP) is 2.22. The van der Waals surface area contributed by atoms with Crippen LogP contribution in [0.1, 0.15) is 36.0 Å². The molecule has 0 amide bonds. The van der Waals surface area contributed by atoms with E-state index < -0.39 is 0 Å². The predicted molar refractivity (Wildman–Crippen MR) is 56.8 cm³/mol. The van der Waals surface area contributed by atoms with E-state index in [1.165, 1.54) is 0 Å². The zero-order valence-electron chi connectivity index (χ0n) is 8.90. The largest absolute Gasteiger partial charge is 0.378 e. The van der Waals surface area contributed by atoms with Crippen molar-refractivity contribution in [3.05, 3.63) is 30.1 Å². The van der Waals surface area contributed by atoms with Crippen molar-refractivity contribution in [2.45, 2.75) is 31.3 Å². The number of nitrogens with zero attached hydrogens (tertiary/aromatic N) is 1. The molecule has 0 aromatic carbocycles. The first-order valence-corrected chi connectivity index (χ1v) is 5.24. The van der Waals surface area contributed by atoms with Gasteiger partial charge in [-0.2, -0.15) is 0 Å². The summed E-state index contributed by atoms with van der Waals surface area (Å²) in [5, 5.41) is 0. The summed E-state index contributed by atoms with van der Waals surface area (Å²) in [6.45, 7) is 0. The molecular weight excluding hydrogens is 190 g/mol. The molecule has 1 saturated carbocycles. The standard InChI is InChI=1S/C12H15NO2/c1-15-12(5-3-6-12)8-11(14)10-4-2-7-13-9-10/h2,4,7,9H,3,5-6,8H2,1H3. The molecule has 1 aromatic heterocycles. The summed E-state index contributed by atoms with van der Waals surface area (Å²) in [5.41, 5.74) is 0.494. The van der Waals surface area contributed by atoms with Gasteiger partial charge in [0.15, 0.2) is 5.78 Å². The van der Waals surface area contributed by atoms with E-state index in [-0.39, 0.29) is 11.4 Å². The van der Waals surface area contributed by atoms with Crippen molar-refractivity contribution >= 4 is 5.78 Å². The normalized spacial score (nSPS) is 18.2. The molecule has 0 spiro atoms. The lowest BCUT2D eigenvalue weighted by molar-refractivity contribution is -0.0704. The lowest BCUT2D eigenvalue weighted by Crippen LogP contribution is -2.41. The number of hydrogen-bond acceptors (Lipinski definition) is 3. The second-order valence-electron chi connectivity index (χ2n) is 4.08. The number of Topliss-reactive ketones (excluding diaryl/α,β-unsaturated/α-hetero) is 1. The van der Waals surface area contributed by atoms with Gasteiger partial charge in [0.05, 0.1) is 5.60 Å². The number of hydrogen-bond donors (Lipinski definition) is 0. The van der Waals surface area contributed by atoms with E-state index >= 15 is 0 Å². The summed E-state index contributed by atoms with van der Waals surface area (Å²) in [6, 6.07) is 3.59. The van der Waals surface area contributed by atoms with E-state index in [2.05, 4.69) is 4.98 Å². The van der Waals surface area contributed by atoms with E-state index in [0.717, 1.165) is 19.3 Å². The summed E-state index contributed by atoms with van der Waals surface area (Å²) in [6.07, 6.45) is 6.92. The Balaban J connectivity index is 2.04. The fraction of sp³-hybridized carbons (Fsp3) is 0.500. The third kappa shape index (κ3) is 2.07. The van der Waals surface area contributed by atoms with Crippen molar-refractivity contribution in [3.8, 4) is 0 Å². The molecule has 0 bridgehead atoms. The molecule has 2 rings (SSSR count). The molecule has 1 aliphatic carbocycles. The summed E-state index contributed by atoms with van der Waals surface area (Å²) >= 11 is 0. The first kappa shape index (κ1) is 10.3. The fourth-order valence-electron chi connectivity index (χ4n) is 1.95. The van der Waals surface area contributed by atoms with Crippen LogP contribution in [-0.4, -0.2) is 23.5 Å². The Morgan fingerprint density at radius 1 is 1.60 bits per heavy atom. The summed E-state index contributed by atoms with van der Waals surface area (Å²) in [5.74, 6) is 0.129. The number of rotatable bonds is 4. The van der Waals surface area contributed by atoms with E-state index in [4.69, 9.17) is 4.74 Å². The number of ketones is 1. The first-order valence-electron chi connectivity index (χ1n) is 5.24. The Bertz CT molecular complexity index is 338. The molecule has 1 heterocycles. The van der Waals surface area contributed by atoms with Crippen molar-refractivity contribution in [2.75, 3.05) is 7.11 Å². The van der Waals surface area contributed by atoms with Crippen LogP contribution in [0.2, 0.25) is 0 Å². The zero-order valence-corrected chi connectivity index (χ0v) is 8.90. The van der Waals surface area contributed by atoms with Gasteiger partial charge in [0.2, 0.25) is 0 Å². The maximum atomic E-state index is 11.9. The van der Waals surface area contributed by atoms with Gasteiger partial charge in [-0.05, 0) is 31.4 Å². The number of aromatic nitrogens is 1. The molecule has 3 nitrogen and oxygen atoms in total. The Labute approximate surface area is 89.5 Å². The third-order valence-corrected chi connectivity index (χ3v) is 3.16. The molecule has 0 aliphatic heterocycles. The SMILES string of the molecule is COC1(CC(=O)c2cccnc2)CCC1. The van der Waals surface area contributed by atoms with Gasteiger partial charge in [0.25, 0.3) is 0 Å². The van der Waals surface area contributed by atoms with Crippen molar-refractivity contribution in [1.82, 2.24) is 4.98 Å². The lowest BCUT2D eigenvalue weighted by atomic mass is 9.76. The Hall–Kier alpha value is -1.22. The van der Waals surface area contributed by atoms with Crippen LogP contribution in [0.4, 0.5) is 0 Å². The summed E-state index contributed by atoms with van der Waals surface area (Å²) in [7, 11) is 1.69. The summed E-state index contributed by atoms with van der Waals surface area (Å²) < 4.78 is 5.42. The molecule has 1 aliphatic rings. The second-order valence-corrected chi connectivity index (χ2v) is 4.08. The number of pyridine rings is 1. The van der Waals surface area contributed by atoms with Gasteiger partial charge in [-0.15, -0.1) is 0 Å². The summed E-state index contributed by atoms with van der Waals surface area (Å²) in [4.78, 5) is 15.8. The van der Waals surface area contributed by atoms with Crippen LogP contribution in [0, 0.1) is 0 Å². The monoisotopic (exact) mass is 205 g/mol. The molecule has 1 fully saturated rings. The van der Waals surface area contributed by atoms with Crippen molar-refractivity contribution in [1.29, 1.82) is 0 Å². The third-order valence-electron chi connectivity index (χ3n) is 3.16. The van der Waals surface area contributed by atoms with Crippen LogP contribution in [0.15, 0.2) is 24.5 Å². The highest BCUT2D eigenvalue weighted by Crippen LogP contribution is 2.38. The molecular formula is C12H15NO2. The van der Waals surface area contributed by atoms with E-state index in [1.54, 1.807) is 31.6 Å². The minimum absolute atomic E-state index is 0.129. The average Bonchev–Trinajstić information content (AvgIpc) is 2.24. The van der Waals surface area contributed by atoms with Gasteiger partial charge in [-0.3, -0.25) is 9.78 Å². The highest BCUT2D eigenvalue weighted by atomic mass is 16.5. The van der Waals surface area contributed by atoms with E-state index in [1.807, 2.05) is 0 Å². The van der Waals surface area contributed by atoms with Gasteiger partial charge in [-0.1, -0.05) is 0 Å². The van der Waals surface area contributed by atoms with Crippen molar-refractivity contribution in [3.63, 3.8) is 0 Å². The topological polar surface area (TPSA) is 39.2 Å². The van der Waals surface area contributed by atoms with Crippen LogP contribution in [-0.2, 0) is 4.74 Å². The van der Waals surface area contributed by atoms with Crippen molar-refractivity contribution < 1.29 is 9.53 Å². The van der Waals surface area contributed by atoms with Gasteiger partial charge in [-0.25, -0.2) is 0 Å². The second kappa shape index (κ2) is 4.11. The maximum Gasteiger partial charge on any atom is 0.167 e. The van der Waals surface area contributed by atoms with E-state index in [0.29, 0.717) is 12.0 Å². The highest BCUT2D eigenvalue weighted by molar-refractivity contribution is 5.96. The maximum absolute atomic E-state index is 11.9. The minimum Gasteiger partial charge on any atom is -0.378 e. The van der Waals surface area contributed by atoms with Crippen LogP contribution >= 0.6 is 0 Å². The zero-order chi connectivity index (χ0) is 10.7. The Kier molecular flexibility index (Phi) is 2.82. The number of methoxy groups -OCH3 is 1. The number of carbonyl (C=O) groups is 1. The fourth-order valence-corrected chi connectivity index (χ4v) is 1.95. The quantitative estimate of drug-likeness (QED) is 0.707. The van der Waals surface area contributed by atoms with Gasteiger partial charge in [0, 0.05) is 31.5 Å². The molecule has 0 saturated heterocycles. The Morgan fingerprint density at radius 2 is 2.40 bits per heavy atom.